The van der Waals surface area contributed by atoms with E-state index < -0.39 is 29.9 Å². The molecular weight excluding hydrogens is 444 g/mol. The number of fused-ring (bicyclic) bond motifs is 1. The highest BCUT2D eigenvalue weighted by Gasteiger charge is 2.55. The summed E-state index contributed by atoms with van der Waals surface area (Å²) in [5.41, 5.74) is 2.49. The Kier molecular flexibility index (Phi) is 5.74. The van der Waals surface area contributed by atoms with E-state index >= 15 is 0 Å². The molecule has 174 valence electrons. The van der Waals surface area contributed by atoms with Gasteiger partial charge in [-0.1, -0.05) is 72.8 Å². The highest BCUT2D eigenvalue weighted by Crippen LogP contribution is 2.35. The minimum atomic E-state index is -0.965. The third-order valence-electron chi connectivity index (χ3n) is 6.37. The van der Waals surface area contributed by atoms with E-state index in [-0.39, 0.29) is 12.5 Å². The van der Waals surface area contributed by atoms with E-state index in [1.807, 2.05) is 42.5 Å². The number of imide groups is 1. The molecule has 35 heavy (non-hydrogen) atoms. The quantitative estimate of drug-likeness (QED) is 0.315. The fourth-order valence-electron chi connectivity index (χ4n) is 4.59. The first-order valence-electron chi connectivity index (χ1n) is 11.2. The number of nitrogens with zero attached hydrogens (tertiary/aromatic N) is 2. The molecule has 7 heteroatoms. The standard InChI is InChI=1S/C28H22N2O5/c1-35-28(34)20-12-6-5-11-19(20)17-29-23(16-15-18-9-3-2-4-10-18)24(27(29)33)30-25(31)21-13-7-8-14-22(21)26(30)32/h2-16,23-24H,17H2,1H3/t23-,24+/m0/s1. The molecule has 0 unspecified atom stereocenters. The fourth-order valence-corrected chi connectivity index (χ4v) is 4.59. The van der Waals surface area contributed by atoms with Crippen LogP contribution in [0.4, 0.5) is 0 Å². The minimum absolute atomic E-state index is 0.133. The van der Waals surface area contributed by atoms with Gasteiger partial charge in [0.1, 0.15) is 6.04 Å². The molecule has 5 rings (SSSR count). The number of rotatable bonds is 6. The molecular formula is C28H22N2O5. The van der Waals surface area contributed by atoms with Crippen LogP contribution in [0.1, 0.15) is 42.2 Å². The Hall–Kier alpha value is -4.52. The average Bonchev–Trinajstić information content (AvgIpc) is 3.14. The Morgan fingerprint density at radius 2 is 1.46 bits per heavy atom. The van der Waals surface area contributed by atoms with E-state index in [0.29, 0.717) is 22.3 Å². The van der Waals surface area contributed by atoms with Gasteiger partial charge in [0.15, 0.2) is 0 Å². The molecule has 0 N–H and O–H groups in total. The van der Waals surface area contributed by atoms with Gasteiger partial charge in [-0.05, 0) is 29.3 Å². The van der Waals surface area contributed by atoms with Crippen LogP contribution >= 0.6 is 0 Å². The van der Waals surface area contributed by atoms with E-state index in [0.717, 1.165) is 10.5 Å². The Morgan fingerprint density at radius 1 is 0.857 bits per heavy atom. The van der Waals surface area contributed by atoms with Crippen LogP contribution in [0.15, 0.2) is 84.9 Å². The second-order valence-electron chi connectivity index (χ2n) is 8.35. The summed E-state index contributed by atoms with van der Waals surface area (Å²) in [6.45, 7) is 0.133. The zero-order chi connectivity index (χ0) is 24.5. The Labute approximate surface area is 202 Å². The van der Waals surface area contributed by atoms with E-state index in [2.05, 4.69) is 0 Å². The molecule has 3 aromatic rings. The van der Waals surface area contributed by atoms with Gasteiger partial charge in [0.2, 0.25) is 5.91 Å². The molecule has 3 amide bonds. The molecule has 1 fully saturated rings. The lowest BCUT2D eigenvalue weighted by molar-refractivity contribution is -0.153. The number of hydrogen-bond donors (Lipinski definition) is 0. The van der Waals surface area contributed by atoms with Crippen LogP contribution in [-0.4, -0.2) is 52.7 Å². The van der Waals surface area contributed by atoms with Crippen LogP contribution in [-0.2, 0) is 16.1 Å². The number of methoxy groups -OCH3 is 1. The van der Waals surface area contributed by atoms with Crippen molar-refractivity contribution in [3.63, 3.8) is 0 Å². The second-order valence-corrected chi connectivity index (χ2v) is 8.35. The summed E-state index contributed by atoms with van der Waals surface area (Å²) in [4.78, 5) is 54.5. The third-order valence-corrected chi connectivity index (χ3v) is 6.37. The Balaban J connectivity index is 1.49. The van der Waals surface area contributed by atoms with Gasteiger partial charge in [-0.15, -0.1) is 0 Å². The number of hydrogen-bond acceptors (Lipinski definition) is 5. The van der Waals surface area contributed by atoms with Crippen molar-refractivity contribution < 1.29 is 23.9 Å². The van der Waals surface area contributed by atoms with Crippen LogP contribution < -0.4 is 0 Å². The first kappa shape index (κ1) is 22.3. The van der Waals surface area contributed by atoms with E-state index in [1.54, 1.807) is 53.4 Å². The van der Waals surface area contributed by atoms with Gasteiger partial charge in [0.05, 0.1) is 29.8 Å². The van der Waals surface area contributed by atoms with Gasteiger partial charge < -0.3 is 9.64 Å². The Morgan fingerprint density at radius 3 is 2.11 bits per heavy atom. The number of β-lactam (4-membered cyclic amide) rings is 1. The summed E-state index contributed by atoms with van der Waals surface area (Å²) in [5, 5.41) is 0. The average molecular weight is 466 g/mol. The normalized spacial score (nSPS) is 19.2. The summed E-state index contributed by atoms with van der Waals surface area (Å²) < 4.78 is 4.88. The second kappa shape index (κ2) is 9.02. The first-order chi connectivity index (χ1) is 17.0. The molecule has 7 nitrogen and oxygen atoms in total. The van der Waals surface area contributed by atoms with Crippen molar-refractivity contribution in [1.82, 2.24) is 9.80 Å². The number of amides is 3. The monoisotopic (exact) mass is 466 g/mol. The lowest BCUT2D eigenvalue weighted by atomic mass is 9.90. The Bertz CT molecular complexity index is 1330. The summed E-state index contributed by atoms with van der Waals surface area (Å²) >= 11 is 0. The highest BCUT2D eigenvalue weighted by atomic mass is 16.5. The van der Waals surface area contributed by atoms with Gasteiger partial charge in [-0.2, -0.15) is 0 Å². The first-order valence-corrected chi connectivity index (χ1v) is 11.2. The van der Waals surface area contributed by atoms with Crippen molar-refractivity contribution in [2.24, 2.45) is 0 Å². The molecule has 3 aromatic carbocycles. The van der Waals surface area contributed by atoms with Crippen LogP contribution in [0.2, 0.25) is 0 Å². The van der Waals surface area contributed by atoms with E-state index in [9.17, 15) is 19.2 Å². The lowest BCUT2D eigenvalue weighted by Gasteiger charge is -2.48. The van der Waals surface area contributed by atoms with Crippen molar-refractivity contribution in [2.75, 3.05) is 7.11 Å². The van der Waals surface area contributed by atoms with Crippen molar-refractivity contribution in [3.8, 4) is 0 Å². The van der Waals surface area contributed by atoms with Crippen molar-refractivity contribution in [1.29, 1.82) is 0 Å². The third kappa shape index (κ3) is 3.81. The molecule has 0 bridgehead atoms. The fraction of sp³-hybridized carbons (Fsp3) is 0.143. The lowest BCUT2D eigenvalue weighted by Crippen LogP contribution is -2.70. The highest BCUT2D eigenvalue weighted by molar-refractivity contribution is 6.23. The van der Waals surface area contributed by atoms with Crippen molar-refractivity contribution in [2.45, 2.75) is 18.6 Å². The maximum Gasteiger partial charge on any atom is 0.338 e. The van der Waals surface area contributed by atoms with Gasteiger partial charge in [0.25, 0.3) is 11.8 Å². The van der Waals surface area contributed by atoms with Gasteiger partial charge >= 0.3 is 5.97 Å². The molecule has 2 heterocycles. The minimum Gasteiger partial charge on any atom is -0.465 e. The number of ether oxygens (including phenoxy) is 1. The smallest absolute Gasteiger partial charge is 0.338 e. The van der Waals surface area contributed by atoms with Crippen LogP contribution in [0.25, 0.3) is 6.08 Å². The summed E-state index contributed by atoms with van der Waals surface area (Å²) in [7, 11) is 1.30. The molecule has 0 saturated carbocycles. The number of carbonyl (C=O) groups excluding carboxylic acids is 4. The zero-order valence-electron chi connectivity index (χ0n) is 19.0. The predicted octanol–water partition coefficient (Wildman–Crippen LogP) is 3.56. The van der Waals surface area contributed by atoms with Gasteiger partial charge in [-0.25, -0.2) is 4.79 Å². The van der Waals surface area contributed by atoms with Crippen LogP contribution in [0, 0.1) is 0 Å². The van der Waals surface area contributed by atoms with Gasteiger partial charge in [0, 0.05) is 6.54 Å². The van der Waals surface area contributed by atoms with Crippen molar-refractivity contribution in [3.05, 3.63) is 113 Å². The molecule has 0 aliphatic carbocycles. The topological polar surface area (TPSA) is 84.0 Å². The molecule has 2 atom stereocenters. The maximum atomic E-state index is 13.4. The maximum absolute atomic E-state index is 13.4. The van der Waals surface area contributed by atoms with Crippen molar-refractivity contribution >= 4 is 29.8 Å². The predicted molar refractivity (Wildman–Crippen MR) is 128 cm³/mol. The molecule has 1 saturated heterocycles. The number of esters is 1. The number of likely N-dealkylation sites (tertiary alicyclic amines) is 1. The van der Waals surface area contributed by atoms with E-state index in [1.165, 1.54) is 7.11 Å². The summed E-state index contributed by atoms with van der Waals surface area (Å²) in [5.74, 6) is -1.81. The number of carbonyl (C=O) groups is 4. The number of benzene rings is 3. The molecule has 0 radical (unpaired) electrons. The summed E-state index contributed by atoms with van der Waals surface area (Å²) in [6.07, 6.45) is 3.69. The molecule has 2 aliphatic heterocycles. The van der Waals surface area contributed by atoms with Crippen LogP contribution in [0.5, 0.6) is 0 Å². The van der Waals surface area contributed by atoms with Gasteiger partial charge in [-0.3, -0.25) is 19.3 Å². The summed E-state index contributed by atoms with van der Waals surface area (Å²) in [6, 6.07) is 21.5. The zero-order valence-corrected chi connectivity index (χ0v) is 19.0. The van der Waals surface area contributed by atoms with E-state index in [4.69, 9.17) is 4.74 Å². The molecule has 0 aromatic heterocycles. The SMILES string of the molecule is COC(=O)c1ccccc1CN1C(=O)[C@H](N2C(=O)c3ccccc3C2=O)[C@@H]1C=Cc1ccccc1. The molecule has 2 aliphatic rings. The largest absolute Gasteiger partial charge is 0.465 e. The molecule has 0 spiro atoms. The van der Waals surface area contributed by atoms with Crippen LogP contribution in [0.3, 0.4) is 0 Å².